The van der Waals surface area contributed by atoms with Crippen molar-refractivity contribution < 1.29 is 14.7 Å². The van der Waals surface area contributed by atoms with Crippen LogP contribution in [0.2, 0.25) is 0 Å². The molecule has 110 valence electrons. The maximum Gasteiger partial charge on any atom is 0.308 e. The van der Waals surface area contributed by atoms with Gasteiger partial charge in [-0.05, 0) is 31.0 Å². The third-order valence-corrected chi connectivity index (χ3v) is 4.14. The van der Waals surface area contributed by atoms with Crippen molar-refractivity contribution in [2.24, 2.45) is 5.92 Å². The third-order valence-electron chi connectivity index (χ3n) is 4.14. The lowest BCUT2D eigenvalue weighted by atomic mass is 10.1. The number of carboxylic acids is 1. The summed E-state index contributed by atoms with van der Waals surface area (Å²) in [6.07, 6.45) is 2.84. The Labute approximate surface area is 122 Å². The van der Waals surface area contributed by atoms with Crippen molar-refractivity contribution >= 4 is 22.8 Å². The van der Waals surface area contributed by atoms with Crippen molar-refractivity contribution in [1.82, 2.24) is 9.88 Å². The van der Waals surface area contributed by atoms with Crippen molar-refractivity contribution in [3.8, 4) is 0 Å². The van der Waals surface area contributed by atoms with E-state index < -0.39 is 11.9 Å². The summed E-state index contributed by atoms with van der Waals surface area (Å²) in [5.74, 6) is -1.49. The second-order valence-corrected chi connectivity index (χ2v) is 5.69. The number of rotatable bonds is 4. The van der Waals surface area contributed by atoms with Crippen LogP contribution in [0.1, 0.15) is 17.5 Å². The first-order valence-corrected chi connectivity index (χ1v) is 7.12. The minimum Gasteiger partial charge on any atom is -0.481 e. The molecule has 2 aromatic rings. The lowest BCUT2D eigenvalue weighted by Crippen LogP contribution is -2.28. The van der Waals surface area contributed by atoms with Gasteiger partial charge in [0, 0.05) is 36.6 Å². The second-order valence-electron chi connectivity index (χ2n) is 5.69. The van der Waals surface area contributed by atoms with E-state index in [1.165, 1.54) is 16.5 Å². The first-order chi connectivity index (χ1) is 10.0. The third kappa shape index (κ3) is 2.63. The summed E-state index contributed by atoms with van der Waals surface area (Å²) >= 11 is 0. The molecule has 1 aromatic carbocycles. The smallest absolute Gasteiger partial charge is 0.308 e. The lowest BCUT2D eigenvalue weighted by molar-refractivity contribution is -0.141. The fourth-order valence-electron chi connectivity index (χ4n) is 2.91. The number of H-pyrrole nitrogens is 1. The van der Waals surface area contributed by atoms with Gasteiger partial charge in [-0.25, -0.2) is 0 Å². The molecule has 0 saturated carbocycles. The largest absolute Gasteiger partial charge is 0.481 e. The Morgan fingerprint density at radius 3 is 3.00 bits per heavy atom. The Morgan fingerprint density at radius 1 is 1.48 bits per heavy atom. The van der Waals surface area contributed by atoms with Gasteiger partial charge in [0.05, 0.1) is 5.92 Å². The van der Waals surface area contributed by atoms with Gasteiger partial charge in [-0.3, -0.25) is 9.59 Å². The molecule has 1 aliphatic rings. The molecule has 0 spiro atoms. The highest BCUT2D eigenvalue weighted by Crippen LogP contribution is 2.22. The molecular formula is C16H18N2O3. The van der Waals surface area contributed by atoms with E-state index in [4.69, 9.17) is 5.11 Å². The number of fused-ring (bicyclic) bond motifs is 1. The summed E-state index contributed by atoms with van der Waals surface area (Å²) in [4.78, 5) is 27.7. The van der Waals surface area contributed by atoms with E-state index in [1.807, 2.05) is 6.20 Å². The number of aliphatic carboxylic acids is 1. The van der Waals surface area contributed by atoms with E-state index in [-0.39, 0.29) is 12.3 Å². The van der Waals surface area contributed by atoms with Crippen LogP contribution in [0.3, 0.4) is 0 Å². The van der Waals surface area contributed by atoms with Crippen molar-refractivity contribution in [3.63, 3.8) is 0 Å². The van der Waals surface area contributed by atoms with Crippen molar-refractivity contribution in [3.05, 3.63) is 35.5 Å². The van der Waals surface area contributed by atoms with E-state index in [0.29, 0.717) is 13.1 Å². The molecule has 1 amide bonds. The fourth-order valence-corrected chi connectivity index (χ4v) is 2.91. The van der Waals surface area contributed by atoms with Crippen LogP contribution in [0.5, 0.6) is 0 Å². The predicted octanol–water partition coefficient (Wildman–Crippen LogP) is 1.95. The van der Waals surface area contributed by atoms with Crippen LogP contribution < -0.4 is 0 Å². The number of carboxylic acid groups (broad SMARTS) is 1. The topological polar surface area (TPSA) is 73.4 Å². The van der Waals surface area contributed by atoms with Gasteiger partial charge in [-0.15, -0.1) is 0 Å². The molecule has 2 heterocycles. The van der Waals surface area contributed by atoms with Gasteiger partial charge in [0.1, 0.15) is 0 Å². The van der Waals surface area contributed by atoms with Gasteiger partial charge in [0.2, 0.25) is 5.91 Å². The van der Waals surface area contributed by atoms with Crippen molar-refractivity contribution in [1.29, 1.82) is 0 Å². The molecule has 0 bridgehead atoms. The summed E-state index contributed by atoms with van der Waals surface area (Å²) in [6, 6.07) is 6.24. The number of likely N-dealkylation sites (tertiary alicyclic amines) is 1. The van der Waals surface area contributed by atoms with Crippen molar-refractivity contribution in [2.45, 2.75) is 19.8 Å². The molecule has 1 atom stereocenters. The molecule has 21 heavy (non-hydrogen) atoms. The molecule has 0 aliphatic carbocycles. The number of carbonyl (C=O) groups is 2. The number of hydrogen-bond donors (Lipinski definition) is 2. The number of benzene rings is 1. The highest BCUT2D eigenvalue weighted by molar-refractivity contribution is 5.86. The fraction of sp³-hybridized carbons (Fsp3) is 0.375. The quantitative estimate of drug-likeness (QED) is 0.902. The van der Waals surface area contributed by atoms with Gasteiger partial charge in [-0.2, -0.15) is 0 Å². The maximum atomic E-state index is 11.8. The molecule has 1 fully saturated rings. The molecular weight excluding hydrogens is 268 g/mol. The van der Waals surface area contributed by atoms with Crippen molar-refractivity contribution in [2.75, 3.05) is 13.1 Å². The zero-order valence-electron chi connectivity index (χ0n) is 11.9. The van der Waals surface area contributed by atoms with E-state index in [0.717, 1.165) is 11.9 Å². The monoisotopic (exact) mass is 286 g/mol. The average Bonchev–Trinajstić information content (AvgIpc) is 3.00. The highest BCUT2D eigenvalue weighted by Gasteiger charge is 2.33. The zero-order valence-corrected chi connectivity index (χ0v) is 11.9. The van der Waals surface area contributed by atoms with Crippen LogP contribution in [-0.2, 0) is 16.0 Å². The van der Waals surface area contributed by atoms with E-state index in [1.54, 1.807) is 4.90 Å². The highest BCUT2D eigenvalue weighted by atomic mass is 16.4. The Morgan fingerprint density at radius 2 is 2.29 bits per heavy atom. The Kier molecular flexibility index (Phi) is 3.41. The minimum atomic E-state index is -0.881. The number of aryl methyl sites for hydroxylation is 1. The van der Waals surface area contributed by atoms with Gasteiger partial charge in [-0.1, -0.05) is 11.6 Å². The number of nitrogens with one attached hydrogen (secondary N) is 1. The molecule has 2 N–H and O–H groups in total. The average molecular weight is 286 g/mol. The molecule has 3 rings (SSSR count). The van der Waals surface area contributed by atoms with Crippen LogP contribution in [0.4, 0.5) is 0 Å². The Balaban J connectivity index is 1.71. The van der Waals surface area contributed by atoms with Crippen LogP contribution in [0.25, 0.3) is 10.9 Å². The Bertz CT molecular complexity index is 705. The molecule has 1 aliphatic heterocycles. The van der Waals surface area contributed by atoms with Crippen LogP contribution in [0, 0.1) is 12.8 Å². The van der Waals surface area contributed by atoms with Crippen LogP contribution in [-0.4, -0.2) is 40.0 Å². The minimum absolute atomic E-state index is 0.0570. The van der Waals surface area contributed by atoms with Crippen LogP contribution >= 0.6 is 0 Å². The predicted molar refractivity (Wildman–Crippen MR) is 79.1 cm³/mol. The van der Waals surface area contributed by atoms with Gasteiger partial charge >= 0.3 is 5.97 Å². The summed E-state index contributed by atoms with van der Waals surface area (Å²) in [5, 5.41) is 10.2. The first-order valence-electron chi connectivity index (χ1n) is 7.12. The lowest BCUT2D eigenvalue weighted by Gasteiger charge is -2.15. The standard InChI is InChI=1S/C16H18N2O3/c1-10-2-3-14-13(6-10)11(8-17-14)4-5-18-9-12(16(20)21)7-15(18)19/h2-3,6,8,12,17H,4-5,7,9H2,1H3,(H,20,21)/t12-/m1/s1. The van der Waals surface area contributed by atoms with E-state index in [2.05, 4.69) is 30.1 Å². The van der Waals surface area contributed by atoms with Crippen LogP contribution in [0.15, 0.2) is 24.4 Å². The van der Waals surface area contributed by atoms with E-state index >= 15 is 0 Å². The van der Waals surface area contributed by atoms with Gasteiger partial charge in [0.25, 0.3) is 0 Å². The van der Waals surface area contributed by atoms with E-state index in [9.17, 15) is 9.59 Å². The molecule has 1 saturated heterocycles. The number of aromatic nitrogens is 1. The molecule has 0 radical (unpaired) electrons. The number of aromatic amines is 1. The zero-order chi connectivity index (χ0) is 15.0. The SMILES string of the molecule is Cc1ccc2[nH]cc(CCN3C[C@H](C(=O)O)CC3=O)c2c1. The van der Waals surface area contributed by atoms with Gasteiger partial charge in [0.15, 0.2) is 0 Å². The second kappa shape index (κ2) is 5.24. The first kappa shape index (κ1) is 13.7. The number of amides is 1. The number of carbonyl (C=O) groups excluding carboxylic acids is 1. The number of hydrogen-bond acceptors (Lipinski definition) is 2. The summed E-state index contributed by atoms with van der Waals surface area (Å²) < 4.78 is 0. The van der Waals surface area contributed by atoms with Gasteiger partial charge < -0.3 is 15.0 Å². The summed E-state index contributed by atoms with van der Waals surface area (Å²) in [7, 11) is 0. The summed E-state index contributed by atoms with van der Waals surface area (Å²) in [6.45, 7) is 2.96. The Hall–Kier alpha value is -2.30. The molecule has 1 aromatic heterocycles. The molecule has 5 heteroatoms. The maximum absolute atomic E-state index is 11.8. The molecule has 0 unspecified atom stereocenters. The number of nitrogens with zero attached hydrogens (tertiary/aromatic N) is 1. The summed E-state index contributed by atoms with van der Waals surface area (Å²) in [5.41, 5.74) is 3.46. The normalized spacial score (nSPS) is 18.6. The molecule has 5 nitrogen and oxygen atoms in total.